The Morgan fingerprint density at radius 3 is 2.60 bits per heavy atom. The molecule has 0 aliphatic carbocycles. The van der Waals surface area contributed by atoms with Crippen LogP contribution >= 0.6 is 0 Å². The number of hydrogen-bond acceptors (Lipinski definition) is 4. The van der Waals surface area contributed by atoms with E-state index in [4.69, 9.17) is 14.6 Å². The molecule has 1 N–H and O–H groups in total. The third-order valence-corrected chi connectivity index (χ3v) is 3.01. The summed E-state index contributed by atoms with van der Waals surface area (Å²) in [6.07, 6.45) is 0.790. The Labute approximate surface area is 117 Å². The lowest BCUT2D eigenvalue weighted by molar-refractivity contribution is 0.0691. The molecule has 0 radical (unpaired) electrons. The summed E-state index contributed by atoms with van der Waals surface area (Å²) in [5, 5.41) is 9.07. The summed E-state index contributed by atoms with van der Waals surface area (Å²) in [4.78, 5) is 23.2. The van der Waals surface area contributed by atoms with Crippen molar-refractivity contribution in [3.8, 4) is 0 Å². The van der Waals surface area contributed by atoms with Crippen LogP contribution in [-0.2, 0) is 16.0 Å². The number of rotatable bonds is 8. The average Bonchev–Trinajstić information content (AvgIpc) is 2.35. The number of nitrogens with zero attached hydrogens (tertiary/aromatic N) is 1. The van der Waals surface area contributed by atoms with Crippen LogP contribution in [0.25, 0.3) is 0 Å². The second-order valence-electron chi connectivity index (χ2n) is 4.56. The van der Waals surface area contributed by atoms with Gasteiger partial charge in [-0.15, -0.1) is 0 Å². The largest absolute Gasteiger partial charge is 0.477 e. The van der Waals surface area contributed by atoms with Gasteiger partial charge in [0, 0.05) is 32.6 Å². The molecule has 112 valence electrons. The molecule has 1 aromatic heterocycles. The van der Waals surface area contributed by atoms with Crippen molar-refractivity contribution < 1.29 is 19.4 Å². The van der Waals surface area contributed by atoms with Gasteiger partial charge < -0.3 is 19.1 Å². The van der Waals surface area contributed by atoms with E-state index in [-0.39, 0.29) is 5.56 Å². The maximum absolute atomic E-state index is 12.1. The fourth-order valence-corrected chi connectivity index (χ4v) is 2.03. The fourth-order valence-electron chi connectivity index (χ4n) is 2.03. The zero-order chi connectivity index (χ0) is 15.1. The van der Waals surface area contributed by atoms with Gasteiger partial charge in [0.1, 0.15) is 5.56 Å². The summed E-state index contributed by atoms with van der Waals surface area (Å²) in [5.41, 5.74) is 0.570. The summed E-state index contributed by atoms with van der Waals surface area (Å²) in [6.45, 7) is 5.31. The van der Waals surface area contributed by atoms with Crippen molar-refractivity contribution >= 4 is 5.97 Å². The highest BCUT2D eigenvalue weighted by molar-refractivity contribution is 5.88. The minimum absolute atomic E-state index is 0.171. The van der Waals surface area contributed by atoms with E-state index in [1.165, 1.54) is 4.57 Å². The third-order valence-electron chi connectivity index (χ3n) is 3.01. The number of aromatic carboxylic acids is 1. The lowest BCUT2D eigenvalue weighted by atomic mass is 10.1. The van der Waals surface area contributed by atoms with Crippen LogP contribution < -0.4 is 5.56 Å². The van der Waals surface area contributed by atoms with Gasteiger partial charge in [0.15, 0.2) is 0 Å². The van der Waals surface area contributed by atoms with E-state index in [9.17, 15) is 9.59 Å². The summed E-state index contributed by atoms with van der Waals surface area (Å²) in [6, 6.07) is 1.70. The van der Waals surface area contributed by atoms with Gasteiger partial charge in [-0.3, -0.25) is 4.79 Å². The maximum Gasteiger partial charge on any atom is 0.341 e. The number of hydrogen-bond donors (Lipinski definition) is 1. The second kappa shape index (κ2) is 7.81. The highest BCUT2D eigenvalue weighted by Gasteiger charge is 2.16. The molecule has 0 aliphatic rings. The number of ether oxygens (including phenoxy) is 2. The highest BCUT2D eigenvalue weighted by Crippen LogP contribution is 2.06. The number of carbonyl (C=O) groups is 1. The van der Waals surface area contributed by atoms with Crippen molar-refractivity contribution in [2.24, 2.45) is 0 Å². The maximum atomic E-state index is 12.1. The van der Waals surface area contributed by atoms with E-state index >= 15 is 0 Å². The van der Waals surface area contributed by atoms with Crippen molar-refractivity contribution in [2.45, 2.75) is 26.8 Å². The first-order chi connectivity index (χ1) is 9.49. The van der Waals surface area contributed by atoms with Gasteiger partial charge in [-0.1, -0.05) is 0 Å². The molecular formula is C14H21NO5. The lowest BCUT2D eigenvalue weighted by Gasteiger charge is -2.13. The van der Waals surface area contributed by atoms with E-state index in [1.807, 2.05) is 0 Å². The van der Waals surface area contributed by atoms with E-state index in [2.05, 4.69) is 0 Å². The van der Waals surface area contributed by atoms with Gasteiger partial charge in [-0.25, -0.2) is 4.79 Å². The molecular weight excluding hydrogens is 262 g/mol. The van der Waals surface area contributed by atoms with Crippen LogP contribution in [0, 0.1) is 13.8 Å². The Morgan fingerprint density at radius 1 is 1.30 bits per heavy atom. The average molecular weight is 283 g/mol. The monoisotopic (exact) mass is 283 g/mol. The molecule has 0 amide bonds. The topological polar surface area (TPSA) is 77.8 Å². The van der Waals surface area contributed by atoms with Crippen molar-refractivity contribution in [1.29, 1.82) is 0 Å². The normalized spacial score (nSPS) is 10.8. The van der Waals surface area contributed by atoms with Crippen molar-refractivity contribution in [2.75, 3.05) is 26.9 Å². The molecule has 0 saturated heterocycles. The van der Waals surface area contributed by atoms with Crippen molar-refractivity contribution in [3.63, 3.8) is 0 Å². The van der Waals surface area contributed by atoms with Crippen LogP contribution in [0.3, 0.4) is 0 Å². The molecule has 0 spiro atoms. The van der Waals surface area contributed by atoms with Crippen molar-refractivity contribution in [3.05, 3.63) is 33.2 Å². The number of methoxy groups -OCH3 is 1. The molecule has 0 fully saturated rings. The minimum atomic E-state index is -1.19. The van der Waals surface area contributed by atoms with E-state index in [1.54, 1.807) is 27.0 Å². The van der Waals surface area contributed by atoms with Crippen LogP contribution in [0.2, 0.25) is 0 Å². The Morgan fingerprint density at radius 2 is 2.00 bits per heavy atom. The molecule has 0 bridgehead atoms. The van der Waals surface area contributed by atoms with Gasteiger partial charge in [0.25, 0.3) is 5.56 Å². The number of aryl methyl sites for hydroxylation is 2. The van der Waals surface area contributed by atoms with Crippen molar-refractivity contribution in [1.82, 2.24) is 4.57 Å². The van der Waals surface area contributed by atoms with Gasteiger partial charge in [-0.2, -0.15) is 0 Å². The number of carboxylic acid groups (broad SMARTS) is 1. The minimum Gasteiger partial charge on any atom is -0.477 e. The van der Waals surface area contributed by atoms with E-state index in [0.717, 1.165) is 12.1 Å². The lowest BCUT2D eigenvalue weighted by Crippen LogP contribution is -2.30. The summed E-state index contributed by atoms with van der Waals surface area (Å²) >= 11 is 0. The molecule has 6 nitrogen and oxygen atoms in total. The molecule has 0 atom stereocenters. The summed E-state index contributed by atoms with van der Waals surface area (Å²) in [5.74, 6) is -1.19. The van der Waals surface area contributed by atoms with Crippen LogP contribution in [0.15, 0.2) is 10.9 Å². The molecule has 1 rings (SSSR count). The zero-order valence-electron chi connectivity index (χ0n) is 12.1. The Bertz CT molecular complexity index is 521. The molecule has 0 unspecified atom stereocenters. The third kappa shape index (κ3) is 4.18. The quantitative estimate of drug-likeness (QED) is 0.726. The van der Waals surface area contributed by atoms with Gasteiger partial charge >= 0.3 is 5.97 Å². The smallest absolute Gasteiger partial charge is 0.341 e. The zero-order valence-corrected chi connectivity index (χ0v) is 12.1. The predicted octanol–water partition coefficient (Wildman–Crippen LogP) is 1.22. The fraction of sp³-hybridized carbons (Fsp3) is 0.571. The Balaban J connectivity index is 2.73. The van der Waals surface area contributed by atoms with Crippen LogP contribution in [0.4, 0.5) is 0 Å². The number of pyridine rings is 1. The highest BCUT2D eigenvalue weighted by atomic mass is 16.5. The number of aromatic nitrogens is 1. The predicted molar refractivity (Wildman–Crippen MR) is 74.4 cm³/mol. The molecule has 0 aromatic carbocycles. The Kier molecular flexibility index (Phi) is 6.41. The van der Waals surface area contributed by atoms with E-state index in [0.29, 0.717) is 31.9 Å². The molecule has 1 heterocycles. The number of carboxylic acids is 1. The first kappa shape index (κ1) is 16.4. The Hall–Kier alpha value is -1.66. The van der Waals surface area contributed by atoms with Crippen LogP contribution in [0.5, 0.6) is 0 Å². The summed E-state index contributed by atoms with van der Waals surface area (Å²) in [7, 11) is 1.63. The van der Waals surface area contributed by atoms with Gasteiger partial charge in [-0.05, 0) is 31.9 Å². The first-order valence-electron chi connectivity index (χ1n) is 6.50. The van der Waals surface area contributed by atoms with Gasteiger partial charge in [0.05, 0.1) is 6.61 Å². The van der Waals surface area contributed by atoms with Gasteiger partial charge in [0.2, 0.25) is 0 Å². The van der Waals surface area contributed by atoms with E-state index < -0.39 is 11.5 Å². The standard InChI is InChI=1S/C14H21NO5/c1-10-9-11(2)15(13(16)12(10)14(17)18)5-8-20-7-4-6-19-3/h9H,4-8H2,1-3H3,(H,17,18). The second-order valence-corrected chi connectivity index (χ2v) is 4.56. The summed E-state index contributed by atoms with van der Waals surface area (Å²) < 4.78 is 11.7. The molecule has 0 aliphatic heterocycles. The molecule has 1 aromatic rings. The first-order valence-corrected chi connectivity index (χ1v) is 6.50. The van der Waals surface area contributed by atoms with Crippen LogP contribution in [0.1, 0.15) is 28.0 Å². The molecule has 20 heavy (non-hydrogen) atoms. The molecule has 0 saturated carbocycles. The van der Waals surface area contributed by atoms with Crippen LogP contribution in [-0.4, -0.2) is 42.6 Å². The SMILES string of the molecule is COCCCOCCn1c(C)cc(C)c(C(=O)O)c1=O. The molecule has 6 heteroatoms.